The maximum absolute atomic E-state index is 10.7. The van der Waals surface area contributed by atoms with E-state index in [1.165, 1.54) is 12.3 Å². The molecule has 2 rings (SSSR count). The zero-order valence-corrected chi connectivity index (χ0v) is 9.19. The van der Waals surface area contributed by atoms with E-state index in [0.717, 1.165) is 16.2 Å². The van der Waals surface area contributed by atoms with Gasteiger partial charge >= 0.3 is 5.97 Å². The fourth-order valence-electron chi connectivity index (χ4n) is 1.37. The Morgan fingerprint density at radius 3 is 2.50 bits per heavy atom. The Labute approximate surface area is 98.2 Å². The molecule has 0 aliphatic rings. The number of rotatable bonds is 2. The Morgan fingerprint density at radius 2 is 1.94 bits per heavy atom. The maximum atomic E-state index is 10.7. The van der Waals surface area contributed by atoms with Crippen molar-refractivity contribution in [3.63, 3.8) is 0 Å². The van der Waals surface area contributed by atoms with Crippen molar-refractivity contribution < 1.29 is 9.90 Å². The van der Waals surface area contributed by atoms with Crippen molar-refractivity contribution in [2.45, 2.75) is 4.90 Å². The summed E-state index contributed by atoms with van der Waals surface area (Å²) in [7, 11) is 0. The molecule has 2 aromatic rings. The smallest absolute Gasteiger partial charge is 0.337 e. The second-order valence-electron chi connectivity index (χ2n) is 3.25. The summed E-state index contributed by atoms with van der Waals surface area (Å²) in [5, 5.41) is 8.75. The Kier molecular flexibility index (Phi) is 2.92. The summed E-state index contributed by atoms with van der Waals surface area (Å²) in [4.78, 5) is 15.6. The molecule has 1 heterocycles. The van der Waals surface area contributed by atoms with Gasteiger partial charge in [-0.3, -0.25) is 4.98 Å². The Hall–Kier alpha value is -1.81. The predicted molar refractivity (Wildman–Crippen MR) is 63.9 cm³/mol. The van der Waals surface area contributed by atoms with Gasteiger partial charge in [0.2, 0.25) is 0 Å². The van der Waals surface area contributed by atoms with Crippen LogP contribution in [0.1, 0.15) is 10.4 Å². The highest BCUT2D eigenvalue weighted by Gasteiger charge is 2.05. The SMILES string of the molecule is O=C(O)c1ccc(-c2ccccc2S)nc1. The molecule has 0 fully saturated rings. The fourth-order valence-corrected chi connectivity index (χ4v) is 1.65. The summed E-state index contributed by atoms with van der Waals surface area (Å²) in [5.41, 5.74) is 1.79. The highest BCUT2D eigenvalue weighted by molar-refractivity contribution is 7.80. The van der Waals surface area contributed by atoms with Crippen LogP contribution in [0.2, 0.25) is 0 Å². The summed E-state index contributed by atoms with van der Waals surface area (Å²) in [6.07, 6.45) is 1.35. The van der Waals surface area contributed by atoms with E-state index in [4.69, 9.17) is 5.11 Å². The molecule has 0 aliphatic heterocycles. The van der Waals surface area contributed by atoms with Crippen LogP contribution in [-0.2, 0) is 0 Å². The van der Waals surface area contributed by atoms with Crippen LogP contribution in [0.3, 0.4) is 0 Å². The number of thiol groups is 1. The second-order valence-corrected chi connectivity index (χ2v) is 3.74. The van der Waals surface area contributed by atoms with E-state index in [1.807, 2.05) is 24.3 Å². The van der Waals surface area contributed by atoms with Crippen LogP contribution in [0.5, 0.6) is 0 Å². The Balaban J connectivity index is 2.43. The second kappa shape index (κ2) is 4.37. The molecular weight excluding hydrogens is 222 g/mol. The van der Waals surface area contributed by atoms with Crippen molar-refractivity contribution in [2.24, 2.45) is 0 Å². The first-order valence-electron chi connectivity index (χ1n) is 4.66. The quantitative estimate of drug-likeness (QED) is 0.781. The normalized spacial score (nSPS) is 10.1. The maximum Gasteiger partial charge on any atom is 0.337 e. The van der Waals surface area contributed by atoms with Gasteiger partial charge in [-0.1, -0.05) is 18.2 Å². The van der Waals surface area contributed by atoms with E-state index in [1.54, 1.807) is 6.07 Å². The number of aromatic nitrogens is 1. The van der Waals surface area contributed by atoms with Crippen molar-refractivity contribution in [2.75, 3.05) is 0 Å². The minimum Gasteiger partial charge on any atom is -0.478 e. The molecular formula is C12H9NO2S. The van der Waals surface area contributed by atoms with Gasteiger partial charge in [-0.2, -0.15) is 0 Å². The highest BCUT2D eigenvalue weighted by atomic mass is 32.1. The van der Waals surface area contributed by atoms with Gasteiger partial charge in [0.05, 0.1) is 11.3 Å². The Bertz CT molecular complexity index is 523. The molecule has 0 amide bonds. The van der Waals surface area contributed by atoms with Gasteiger partial charge < -0.3 is 5.11 Å². The summed E-state index contributed by atoms with van der Waals surface area (Å²) in [5.74, 6) is -0.974. The van der Waals surface area contributed by atoms with E-state index in [0.29, 0.717) is 0 Å². The number of aromatic carboxylic acids is 1. The molecule has 0 bridgehead atoms. The summed E-state index contributed by atoms with van der Waals surface area (Å²) in [6, 6.07) is 10.7. The standard InChI is InChI=1S/C12H9NO2S/c14-12(15)8-5-6-10(13-7-8)9-3-1-2-4-11(9)16/h1-7,16H,(H,14,15). The number of hydrogen-bond donors (Lipinski definition) is 2. The predicted octanol–water partition coefficient (Wildman–Crippen LogP) is 2.74. The van der Waals surface area contributed by atoms with Gasteiger partial charge in [0, 0.05) is 16.7 Å². The third-order valence-electron chi connectivity index (χ3n) is 2.19. The van der Waals surface area contributed by atoms with E-state index in [-0.39, 0.29) is 5.56 Å². The lowest BCUT2D eigenvalue weighted by Crippen LogP contribution is -1.97. The van der Waals surface area contributed by atoms with Crippen LogP contribution >= 0.6 is 12.6 Å². The third kappa shape index (κ3) is 2.06. The zero-order valence-electron chi connectivity index (χ0n) is 8.29. The molecule has 0 unspecified atom stereocenters. The first-order valence-corrected chi connectivity index (χ1v) is 5.11. The van der Waals surface area contributed by atoms with Gasteiger partial charge in [0.1, 0.15) is 0 Å². The number of carboxylic acids is 1. The summed E-state index contributed by atoms with van der Waals surface area (Å²) >= 11 is 4.32. The molecule has 80 valence electrons. The number of hydrogen-bond acceptors (Lipinski definition) is 3. The third-order valence-corrected chi connectivity index (χ3v) is 2.58. The van der Waals surface area contributed by atoms with E-state index in [9.17, 15) is 4.79 Å². The van der Waals surface area contributed by atoms with Crippen LogP contribution in [0.4, 0.5) is 0 Å². The van der Waals surface area contributed by atoms with Crippen molar-refractivity contribution in [1.82, 2.24) is 4.98 Å². The minimum atomic E-state index is -0.974. The Morgan fingerprint density at radius 1 is 1.19 bits per heavy atom. The molecule has 3 nitrogen and oxygen atoms in total. The molecule has 0 saturated heterocycles. The van der Waals surface area contributed by atoms with E-state index < -0.39 is 5.97 Å². The topological polar surface area (TPSA) is 50.2 Å². The molecule has 1 aromatic heterocycles. The van der Waals surface area contributed by atoms with Crippen molar-refractivity contribution >= 4 is 18.6 Å². The fraction of sp³-hybridized carbons (Fsp3) is 0. The van der Waals surface area contributed by atoms with E-state index in [2.05, 4.69) is 17.6 Å². The molecule has 4 heteroatoms. The molecule has 16 heavy (non-hydrogen) atoms. The largest absolute Gasteiger partial charge is 0.478 e. The number of pyridine rings is 1. The minimum absolute atomic E-state index is 0.181. The number of carboxylic acid groups (broad SMARTS) is 1. The van der Waals surface area contributed by atoms with Crippen LogP contribution in [0.15, 0.2) is 47.5 Å². The van der Waals surface area contributed by atoms with Gasteiger partial charge in [-0.15, -0.1) is 12.6 Å². The van der Waals surface area contributed by atoms with Crippen LogP contribution < -0.4 is 0 Å². The van der Waals surface area contributed by atoms with Gasteiger partial charge in [-0.25, -0.2) is 4.79 Å². The lowest BCUT2D eigenvalue weighted by atomic mass is 10.1. The lowest BCUT2D eigenvalue weighted by molar-refractivity contribution is 0.0696. The molecule has 1 aromatic carbocycles. The van der Waals surface area contributed by atoms with Gasteiger partial charge in [-0.05, 0) is 18.2 Å². The van der Waals surface area contributed by atoms with E-state index >= 15 is 0 Å². The molecule has 0 atom stereocenters. The number of benzene rings is 1. The van der Waals surface area contributed by atoms with Crippen molar-refractivity contribution in [3.8, 4) is 11.3 Å². The lowest BCUT2D eigenvalue weighted by Gasteiger charge is -2.03. The number of carbonyl (C=O) groups is 1. The summed E-state index contributed by atoms with van der Waals surface area (Å²) < 4.78 is 0. The molecule has 1 N–H and O–H groups in total. The molecule has 0 spiro atoms. The monoisotopic (exact) mass is 231 g/mol. The van der Waals surface area contributed by atoms with Crippen LogP contribution in [0, 0.1) is 0 Å². The highest BCUT2D eigenvalue weighted by Crippen LogP contribution is 2.24. The average Bonchev–Trinajstić information content (AvgIpc) is 2.30. The first kappa shape index (κ1) is 10.7. The van der Waals surface area contributed by atoms with Gasteiger partial charge in [0.15, 0.2) is 0 Å². The van der Waals surface area contributed by atoms with Crippen molar-refractivity contribution in [3.05, 3.63) is 48.2 Å². The molecule has 0 aliphatic carbocycles. The van der Waals surface area contributed by atoms with Crippen LogP contribution in [-0.4, -0.2) is 16.1 Å². The van der Waals surface area contributed by atoms with Crippen molar-refractivity contribution in [1.29, 1.82) is 0 Å². The first-order chi connectivity index (χ1) is 7.68. The van der Waals surface area contributed by atoms with Gasteiger partial charge in [0.25, 0.3) is 0 Å². The summed E-state index contributed by atoms with van der Waals surface area (Å²) in [6.45, 7) is 0. The average molecular weight is 231 g/mol. The zero-order chi connectivity index (χ0) is 11.5. The molecule has 0 radical (unpaired) electrons. The number of nitrogens with zero attached hydrogens (tertiary/aromatic N) is 1. The molecule has 0 saturated carbocycles. The van der Waals surface area contributed by atoms with Crippen LogP contribution in [0.25, 0.3) is 11.3 Å².